The number of rotatable bonds is 2. The lowest BCUT2D eigenvalue weighted by Crippen LogP contribution is -1.97. The Labute approximate surface area is 119 Å². The van der Waals surface area contributed by atoms with Crippen LogP contribution in [0.3, 0.4) is 0 Å². The first kappa shape index (κ1) is 12.2. The zero-order valence-corrected chi connectivity index (χ0v) is 11.4. The van der Waals surface area contributed by atoms with Gasteiger partial charge in [-0.3, -0.25) is 5.41 Å². The Kier molecular flexibility index (Phi) is 3.01. The van der Waals surface area contributed by atoms with Crippen LogP contribution in [0.25, 0.3) is 10.1 Å². The van der Waals surface area contributed by atoms with Crippen molar-refractivity contribution < 1.29 is 5.11 Å². The molecule has 0 saturated heterocycles. The van der Waals surface area contributed by atoms with Gasteiger partial charge in [-0.25, -0.2) is 0 Å². The van der Waals surface area contributed by atoms with Gasteiger partial charge < -0.3 is 5.11 Å². The number of aromatic hydroxyl groups is 1. The minimum Gasteiger partial charge on any atom is -0.506 e. The quantitative estimate of drug-likeness (QED) is 0.661. The van der Waals surface area contributed by atoms with Gasteiger partial charge in [0.05, 0.1) is 10.6 Å². The van der Waals surface area contributed by atoms with Crippen LogP contribution in [0.1, 0.15) is 10.4 Å². The molecule has 2 nitrogen and oxygen atoms in total. The van der Waals surface area contributed by atoms with Crippen LogP contribution in [0.4, 0.5) is 0 Å². The second kappa shape index (κ2) is 4.68. The van der Waals surface area contributed by atoms with Gasteiger partial charge in [0.15, 0.2) is 0 Å². The first-order chi connectivity index (χ1) is 9.16. The van der Waals surface area contributed by atoms with E-state index < -0.39 is 0 Å². The molecule has 1 aromatic heterocycles. The van der Waals surface area contributed by atoms with Gasteiger partial charge in [-0.2, -0.15) is 0 Å². The van der Waals surface area contributed by atoms with Crippen LogP contribution in [-0.2, 0) is 0 Å². The maximum atomic E-state index is 10.2. The molecule has 0 atom stereocenters. The molecule has 3 aromatic rings. The molecular weight excluding hydrogens is 278 g/mol. The summed E-state index contributed by atoms with van der Waals surface area (Å²) in [6.45, 7) is 0. The van der Waals surface area contributed by atoms with Gasteiger partial charge in [0.25, 0.3) is 0 Å². The molecule has 0 spiro atoms. The third kappa shape index (κ3) is 2.11. The van der Waals surface area contributed by atoms with Gasteiger partial charge in [0.1, 0.15) is 5.75 Å². The third-order valence-corrected chi connectivity index (χ3v) is 4.31. The van der Waals surface area contributed by atoms with E-state index in [9.17, 15) is 5.11 Å². The molecule has 0 fully saturated rings. The van der Waals surface area contributed by atoms with E-state index in [1.54, 1.807) is 12.1 Å². The van der Waals surface area contributed by atoms with E-state index in [2.05, 4.69) is 0 Å². The molecule has 4 heteroatoms. The zero-order chi connectivity index (χ0) is 13.4. The maximum absolute atomic E-state index is 10.2. The summed E-state index contributed by atoms with van der Waals surface area (Å²) in [5, 5.41) is 19.8. The van der Waals surface area contributed by atoms with E-state index in [0.717, 1.165) is 15.6 Å². The predicted molar refractivity (Wildman–Crippen MR) is 80.9 cm³/mol. The largest absolute Gasteiger partial charge is 0.506 e. The number of fused-ring (bicyclic) bond motifs is 1. The van der Waals surface area contributed by atoms with Crippen molar-refractivity contribution in [3.05, 3.63) is 64.0 Å². The average Bonchev–Trinajstić information content (AvgIpc) is 2.75. The minimum atomic E-state index is 0.158. The summed E-state index contributed by atoms with van der Waals surface area (Å²) >= 11 is 7.33. The Balaban J connectivity index is 2.16. The third-order valence-electron chi connectivity index (χ3n) is 2.92. The Hall–Kier alpha value is -1.84. The van der Waals surface area contributed by atoms with Crippen molar-refractivity contribution in [2.75, 3.05) is 0 Å². The first-order valence-electron chi connectivity index (χ1n) is 5.72. The van der Waals surface area contributed by atoms with Gasteiger partial charge in [-0.1, -0.05) is 41.9 Å². The Bertz CT molecular complexity index is 764. The molecule has 1 heterocycles. The predicted octanol–water partition coefficient (Wildman–Crippen LogP) is 4.68. The number of nitrogens with one attached hydrogen (secondary N) is 1. The van der Waals surface area contributed by atoms with Crippen molar-refractivity contribution in [2.24, 2.45) is 0 Å². The van der Waals surface area contributed by atoms with Crippen molar-refractivity contribution in [3.63, 3.8) is 0 Å². The molecule has 2 N–H and O–H groups in total. The summed E-state index contributed by atoms with van der Waals surface area (Å²) < 4.78 is 0.890. The molecule has 94 valence electrons. The van der Waals surface area contributed by atoms with Gasteiger partial charge in [-0.15, -0.1) is 11.3 Å². The lowest BCUT2D eigenvalue weighted by atomic mass is 10.1. The molecule has 2 aromatic carbocycles. The van der Waals surface area contributed by atoms with E-state index in [-0.39, 0.29) is 5.75 Å². The average molecular weight is 288 g/mol. The Morgan fingerprint density at radius 3 is 2.58 bits per heavy atom. The molecule has 0 saturated carbocycles. The molecule has 0 bridgehead atoms. The van der Waals surface area contributed by atoms with Crippen molar-refractivity contribution in [1.29, 1.82) is 5.41 Å². The normalized spacial score (nSPS) is 10.8. The van der Waals surface area contributed by atoms with Crippen LogP contribution in [0.2, 0.25) is 5.02 Å². The highest BCUT2D eigenvalue weighted by Gasteiger charge is 2.16. The summed E-state index contributed by atoms with van der Waals surface area (Å²) in [4.78, 5) is 0.573. The van der Waals surface area contributed by atoms with Gasteiger partial charge >= 0.3 is 0 Å². The van der Waals surface area contributed by atoms with Crippen LogP contribution in [0.5, 0.6) is 5.75 Å². The van der Waals surface area contributed by atoms with Gasteiger partial charge in [0, 0.05) is 20.7 Å². The van der Waals surface area contributed by atoms with Crippen molar-refractivity contribution >= 4 is 38.7 Å². The number of benzene rings is 2. The second-order valence-electron chi connectivity index (χ2n) is 4.16. The van der Waals surface area contributed by atoms with Crippen LogP contribution < -0.4 is 0 Å². The van der Waals surface area contributed by atoms with Crippen molar-refractivity contribution in [2.45, 2.75) is 0 Å². The maximum Gasteiger partial charge on any atom is 0.143 e. The van der Waals surface area contributed by atoms with E-state index in [1.807, 2.05) is 36.4 Å². The number of hydrogen-bond donors (Lipinski definition) is 2. The molecular formula is C15H10ClNOS. The summed E-state index contributed by atoms with van der Waals surface area (Å²) in [7, 11) is 0. The topological polar surface area (TPSA) is 44.1 Å². The fourth-order valence-corrected chi connectivity index (χ4v) is 3.31. The monoisotopic (exact) mass is 287 g/mol. The lowest BCUT2D eigenvalue weighted by molar-refractivity contribution is 0.482. The van der Waals surface area contributed by atoms with E-state index in [1.165, 1.54) is 11.3 Å². The molecule has 3 rings (SSSR count). The summed E-state index contributed by atoms with van der Waals surface area (Å²) in [6.07, 6.45) is 0. The summed E-state index contributed by atoms with van der Waals surface area (Å²) in [5.41, 5.74) is 1.12. The van der Waals surface area contributed by atoms with Crippen molar-refractivity contribution in [3.8, 4) is 5.75 Å². The molecule has 0 aliphatic rings. The van der Waals surface area contributed by atoms with E-state index >= 15 is 0 Å². The minimum absolute atomic E-state index is 0.158. The van der Waals surface area contributed by atoms with Crippen LogP contribution in [0, 0.1) is 5.41 Å². The zero-order valence-electron chi connectivity index (χ0n) is 9.85. The summed E-state index contributed by atoms with van der Waals surface area (Å²) in [5.74, 6) is 0.158. The highest BCUT2D eigenvalue weighted by Crippen LogP contribution is 2.39. The second-order valence-corrected chi connectivity index (χ2v) is 5.65. The smallest absolute Gasteiger partial charge is 0.143 e. The van der Waals surface area contributed by atoms with Gasteiger partial charge in [-0.05, 0) is 18.2 Å². The van der Waals surface area contributed by atoms with E-state index in [0.29, 0.717) is 15.6 Å². The Morgan fingerprint density at radius 1 is 1.11 bits per heavy atom. The molecule has 0 aliphatic carbocycles. The highest BCUT2D eigenvalue weighted by molar-refractivity contribution is 7.21. The molecule has 0 amide bonds. The Morgan fingerprint density at radius 2 is 1.84 bits per heavy atom. The number of halogens is 1. The number of thiophene rings is 1. The fraction of sp³-hybridized carbons (Fsp3) is 0. The van der Waals surface area contributed by atoms with E-state index in [4.69, 9.17) is 17.0 Å². The fourth-order valence-electron chi connectivity index (χ4n) is 1.96. The molecule has 0 radical (unpaired) electrons. The van der Waals surface area contributed by atoms with Crippen molar-refractivity contribution in [1.82, 2.24) is 0 Å². The van der Waals surface area contributed by atoms with Crippen LogP contribution >= 0.6 is 22.9 Å². The molecule has 0 aliphatic heterocycles. The van der Waals surface area contributed by atoms with Crippen LogP contribution in [-0.4, -0.2) is 10.8 Å². The molecule has 19 heavy (non-hydrogen) atoms. The van der Waals surface area contributed by atoms with Gasteiger partial charge in [0.2, 0.25) is 0 Å². The standard InChI is InChI=1S/C15H10ClNOS/c16-10-6-7-11-12(8-10)19-15(14(11)18)13(17)9-4-2-1-3-5-9/h1-8,17-18H. The summed E-state index contributed by atoms with van der Waals surface area (Å²) in [6, 6.07) is 14.7. The SMILES string of the molecule is N=C(c1ccccc1)c1sc2cc(Cl)ccc2c1O. The first-order valence-corrected chi connectivity index (χ1v) is 6.91. The lowest BCUT2D eigenvalue weighted by Gasteiger charge is -2.01. The van der Waals surface area contributed by atoms with Crippen LogP contribution in [0.15, 0.2) is 48.5 Å². The number of hydrogen-bond acceptors (Lipinski definition) is 3. The highest BCUT2D eigenvalue weighted by atomic mass is 35.5. The molecule has 0 unspecified atom stereocenters.